The molecule has 1 aromatic carbocycles. The molecule has 35 heavy (non-hydrogen) atoms. The quantitative estimate of drug-likeness (QED) is 0.589. The molecule has 2 fully saturated rings. The predicted octanol–water partition coefficient (Wildman–Crippen LogP) is 0.503. The number of piperidine rings is 1. The Kier molecular flexibility index (Phi) is 5.77. The molecular weight excluding hydrogens is 454 g/mol. The Bertz CT molecular complexity index is 1240. The van der Waals surface area contributed by atoms with E-state index < -0.39 is 35.6 Å². The minimum Gasteiger partial charge on any atom is -0.478 e. The topological polar surface area (TPSA) is 140 Å². The molecule has 0 radical (unpaired) electrons. The van der Waals surface area contributed by atoms with E-state index in [1.165, 1.54) is 6.20 Å². The molecule has 2 aromatic rings. The van der Waals surface area contributed by atoms with Gasteiger partial charge in [-0.3, -0.25) is 39.3 Å². The zero-order valence-corrected chi connectivity index (χ0v) is 18.8. The molecule has 4 amide bonds. The molecule has 11 heteroatoms. The average Bonchev–Trinajstić information content (AvgIpc) is 3.09. The van der Waals surface area contributed by atoms with Crippen molar-refractivity contribution in [1.82, 2.24) is 20.1 Å². The maximum absolute atomic E-state index is 13.1. The maximum Gasteiger partial charge on any atom is 0.337 e. The Hall–Kier alpha value is -4.12. The first-order valence-electron chi connectivity index (χ1n) is 11.3. The van der Waals surface area contributed by atoms with Gasteiger partial charge in [-0.2, -0.15) is 0 Å². The van der Waals surface area contributed by atoms with Crippen LogP contribution in [0, 0.1) is 0 Å². The molecule has 0 saturated carbocycles. The molecular formula is C24H23N5O6. The zero-order valence-electron chi connectivity index (χ0n) is 18.8. The molecule has 180 valence electrons. The van der Waals surface area contributed by atoms with Crippen LogP contribution >= 0.6 is 0 Å². The van der Waals surface area contributed by atoms with Crippen molar-refractivity contribution >= 4 is 35.3 Å². The van der Waals surface area contributed by atoms with Gasteiger partial charge in [0.2, 0.25) is 11.8 Å². The number of aromatic nitrogens is 1. The lowest BCUT2D eigenvalue weighted by atomic mass is 10.0. The zero-order chi connectivity index (χ0) is 24.7. The van der Waals surface area contributed by atoms with Gasteiger partial charge in [0.05, 0.1) is 22.4 Å². The number of anilines is 1. The standard InChI is InChI=1S/C24H23N5O6/c30-20-6-5-19(21(31)26-20)29-22(32)17-4-3-16(11-18(17)23(29)33)28-9-7-27(8-10-28)13-15-2-1-14(12-25-15)24(34)35/h1-4,11-12,19H,5-10,13H2,(H,34,35)(H,26,30,31). The van der Waals surface area contributed by atoms with Gasteiger partial charge in [0, 0.05) is 51.0 Å². The number of aromatic carboxylic acids is 1. The lowest BCUT2D eigenvalue weighted by molar-refractivity contribution is -0.136. The van der Waals surface area contributed by atoms with Crippen LogP contribution in [0.1, 0.15) is 49.6 Å². The number of amides is 4. The molecule has 3 aliphatic rings. The third-order valence-corrected chi connectivity index (χ3v) is 6.62. The molecule has 11 nitrogen and oxygen atoms in total. The number of hydrogen-bond donors (Lipinski definition) is 2. The number of rotatable bonds is 5. The molecule has 0 spiro atoms. The summed E-state index contributed by atoms with van der Waals surface area (Å²) < 4.78 is 0. The largest absolute Gasteiger partial charge is 0.478 e. The Morgan fingerprint density at radius 2 is 1.74 bits per heavy atom. The van der Waals surface area contributed by atoms with E-state index in [1.54, 1.807) is 30.3 Å². The van der Waals surface area contributed by atoms with Crippen LogP contribution in [0.25, 0.3) is 0 Å². The molecule has 0 aliphatic carbocycles. The third-order valence-electron chi connectivity index (χ3n) is 6.62. The Morgan fingerprint density at radius 3 is 2.40 bits per heavy atom. The first-order chi connectivity index (χ1) is 16.8. The first-order valence-corrected chi connectivity index (χ1v) is 11.3. The molecule has 2 saturated heterocycles. The fourth-order valence-electron chi connectivity index (χ4n) is 4.69. The summed E-state index contributed by atoms with van der Waals surface area (Å²) in [5.41, 5.74) is 2.29. The highest BCUT2D eigenvalue weighted by Gasteiger charge is 2.44. The summed E-state index contributed by atoms with van der Waals surface area (Å²) in [5.74, 6) is -3.07. The summed E-state index contributed by atoms with van der Waals surface area (Å²) >= 11 is 0. The Morgan fingerprint density at radius 1 is 1.00 bits per heavy atom. The van der Waals surface area contributed by atoms with Crippen LogP contribution in [0.4, 0.5) is 5.69 Å². The molecule has 4 heterocycles. The van der Waals surface area contributed by atoms with E-state index in [2.05, 4.69) is 20.1 Å². The number of carbonyl (C=O) groups is 5. The van der Waals surface area contributed by atoms with Gasteiger partial charge >= 0.3 is 5.97 Å². The highest BCUT2D eigenvalue weighted by Crippen LogP contribution is 2.31. The molecule has 0 bridgehead atoms. The number of benzene rings is 1. The van der Waals surface area contributed by atoms with Crippen LogP contribution in [-0.2, 0) is 16.1 Å². The van der Waals surface area contributed by atoms with E-state index in [9.17, 15) is 24.0 Å². The lowest BCUT2D eigenvalue weighted by Crippen LogP contribution is -2.54. The number of hydrogen-bond acceptors (Lipinski definition) is 8. The average molecular weight is 477 g/mol. The van der Waals surface area contributed by atoms with E-state index >= 15 is 0 Å². The summed E-state index contributed by atoms with van der Waals surface area (Å²) in [6.07, 6.45) is 1.56. The fourth-order valence-corrected chi connectivity index (χ4v) is 4.69. The van der Waals surface area contributed by atoms with Crippen molar-refractivity contribution in [2.45, 2.75) is 25.4 Å². The number of carboxylic acid groups (broad SMARTS) is 1. The van der Waals surface area contributed by atoms with Gasteiger partial charge in [0.15, 0.2) is 0 Å². The first kappa shape index (κ1) is 22.7. The third kappa shape index (κ3) is 4.26. The van der Waals surface area contributed by atoms with Gasteiger partial charge < -0.3 is 10.0 Å². The van der Waals surface area contributed by atoms with Crippen molar-refractivity contribution in [3.05, 3.63) is 58.9 Å². The molecule has 2 N–H and O–H groups in total. The van der Waals surface area contributed by atoms with Gasteiger partial charge in [-0.05, 0) is 36.8 Å². The molecule has 3 aliphatic heterocycles. The SMILES string of the molecule is O=C1CCC(N2C(=O)c3ccc(N4CCN(Cc5ccc(C(=O)O)cn5)CC4)cc3C2=O)C(=O)N1. The predicted molar refractivity (Wildman–Crippen MR) is 122 cm³/mol. The number of piperazine rings is 1. The van der Waals surface area contributed by atoms with Crippen molar-refractivity contribution in [2.75, 3.05) is 31.1 Å². The fraction of sp³-hybridized carbons (Fsp3) is 0.333. The van der Waals surface area contributed by atoms with Crippen LogP contribution in [0.3, 0.4) is 0 Å². The summed E-state index contributed by atoms with van der Waals surface area (Å²) in [6.45, 7) is 3.49. The maximum atomic E-state index is 13.1. The number of nitrogens with one attached hydrogen (secondary N) is 1. The Balaban J connectivity index is 1.24. The van der Waals surface area contributed by atoms with Gasteiger partial charge in [0.1, 0.15) is 6.04 Å². The second kappa shape index (κ2) is 8.91. The minimum absolute atomic E-state index is 0.0819. The monoisotopic (exact) mass is 477 g/mol. The van der Waals surface area contributed by atoms with E-state index in [1.807, 2.05) is 0 Å². The van der Waals surface area contributed by atoms with E-state index in [-0.39, 0.29) is 29.5 Å². The number of imide groups is 2. The number of nitrogens with zero attached hydrogens (tertiary/aromatic N) is 4. The van der Waals surface area contributed by atoms with Crippen LogP contribution in [0.15, 0.2) is 36.5 Å². The smallest absolute Gasteiger partial charge is 0.337 e. The summed E-state index contributed by atoms with van der Waals surface area (Å²) in [4.78, 5) is 70.1. The second-order valence-electron chi connectivity index (χ2n) is 8.78. The van der Waals surface area contributed by atoms with Crippen molar-refractivity contribution in [2.24, 2.45) is 0 Å². The van der Waals surface area contributed by atoms with Crippen molar-refractivity contribution < 1.29 is 29.1 Å². The van der Waals surface area contributed by atoms with Gasteiger partial charge in [-0.15, -0.1) is 0 Å². The number of carbonyl (C=O) groups excluding carboxylic acids is 4. The van der Waals surface area contributed by atoms with Crippen molar-refractivity contribution in [3.8, 4) is 0 Å². The van der Waals surface area contributed by atoms with Crippen LogP contribution in [-0.4, -0.2) is 81.7 Å². The number of fused-ring (bicyclic) bond motifs is 1. The molecule has 1 unspecified atom stereocenters. The van der Waals surface area contributed by atoms with E-state index in [0.717, 1.165) is 29.4 Å². The Labute approximate surface area is 200 Å². The van der Waals surface area contributed by atoms with Crippen LogP contribution in [0.5, 0.6) is 0 Å². The minimum atomic E-state index is -1.01. The van der Waals surface area contributed by atoms with E-state index in [4.69, 9.17) is 5.11 Å². The second-order valence-corrected chi connectivity index (χ2v) is 8.78. The van der Waals surface area contributed by atoms with Crippen molar-refractivity contribution in [3.63, 3.8) is 0 Å². The van der Waals surface area contributed by atoms with Gasteiger partial charge in [-0.25, -0.2) is 4.79 Å². The summed E-state index contributed by atoms with van der Waals surface area (Å²) in [5, 5.41) is 11.2. The number of pyridine rings is 1. The molecule has 5 rings (SSSR count). The highest BCUT2D eigenvalue weighted by atomic mass is 16.4. The molecule has 1 atom stereocenters. The number of carboxylic acids is 1. The van der Waals surface area contributed by atoms with Gasteiger partial charge in [0.25, 0.3) is 11.8 Å². The van der Waals surface area contributed by atoms with Crippen molar-refractivity contribution in [1.29, 1.82) is 0 Å². The highest BCUT2D eigenvalue weighted by molar-refractivity contribution is 6.23. The van der Waals surface area contributed by atoms with Crippen LogP contribution in [0.2, 0.25) is 0 Å². The summed E-state index contributed by atoms with van der Waals surface area (Å²) in [7, 11) is 0. The van der Waals surface area contributed by atoms with E-state index in [0.29, 0.717) is 19.6 Å². The summed E-state index contributed by atoms with van der Waals surface area (Å²) in [6, 6.07) is 7.40. The van der Waals surface area contributed by atoms with Gasteiger partial charge in [-0.1, -0.05) is 0 Å². The van der Waals surface area contributed by atoms with Crippen LogP contribution < -0.4 is 10.2 Å². The normalized spacial score (nSPS) is 20.7. The lowest BCUT2D eigenvalue weighted by Gasteiger charge is -2.36. The molecule has 1 aromatic heterocycles.